The summed E-state index contributed by atoms with van der Waals surface area (Å²) in [5.74, 6) is -0.457. The molecule has 0 aliphatic carbocycles. The Morgan fingerprint density at radius 3 is 2.35 bits per heavy atom. The standard InChI is InChI=1S/C17H18FNO3S/c1-13-11-19(12-17(22-13)14-5-3-2-4-6-14)23(20,21)16-9-7-15(18)8-10-16/h2-10,13,17H,11-12H2,1H3. The van der Waals surface area contributed by atoms with E-state index >= 15 is 0 Å². The number of ether oxygens (including phenoxy) is 1. The maximum absolute atomic E-state index is 13.0. The monoisotopic (exact) mass is 335 g/mol. The molecular formula is C17H18FNO3S. The van der Waals surface area contributed by atoms with Crippen LogP contribution in [0.5, 0.6) is 0 Å². The number of hydrogen-bond donors (Lipinski definition) is 0. The van der Waals surface area contributed by atoms with Gasteiger partial charge in [0.15, 0.2) is 0 Å². The van der Waals surface area contributed by atoms with Crippen LogP contribution in [-0.2, 0) is 14.8 Å². The van der Waals surface area contributed by atoms with Crippen molar-refractivity contribution < 1.29 is 17.5 Å². The highest BCUT2D eigenvalue weighted by atomic mass is 32.2. The first kappa shape index (κ1) is 16.1. The van der Waals surface area contributed by atoms with Crippen LogP contribution in [0.1, 0.15) is 18.6 Å². The molecule has 2 aromatic carbocycles. The summed E-state index contributed by atoms with van der Waals surface area (Å²) in [6, 6.07) is 14.5. The van der Waals surface area contributed by atoms with E-state index < -0.39 is 15.8 Å². The van der Waals surface area contributed by atoms with E-state index in [1.165, 1.54) is 16.4 Å². The number of morpholine rings is 1. The van der Waals surface area contributed by atoms with Gasteiger partial charge in [-0.3, -0.25) is 0 Å². The van der Waals surface area contributed by atoms with Gasteiger partial charge in [-0.1, -0.05) is 30.3 Å². The topological polar surface area (TPSA) is 46.6 Å². The minimum Gasteiger partial charge on any atom is -0.368 e. The quantitative estimate of drug-likeness (QED) is 0.866. The summed E-state index contributed by atoms with van der Waals surface area (Å²) in [5.41, 5.74) is 0.943. The number of rotatable bonds is 3. The van der Waals surface area contributed by atoms with Crippen molar-refractivity contribution in [3.05, 3.63) is 66.0 Å². The molecule has 0 bridgehead atoms. The molecule has 0 N–H and O–H groups in total. The SMILES string of the molecule is CC1CN(S(=O)(=O)c2ccc(F)cc2)CC(c2ccccc2)O1. The first-order valence-electron chi connectivity index (χ1n) is 7.43. The van der Waals surface area contributed by atoms with Gasteiger partial charge in [-0.15, -0.1) is 0 Å². The van der Waals surface area contributed by atoms with Crippen LogP contribution < -0.4 is 0 Å². The summed E-state index contributed by atoms with van der Waals surface area (Å²) >= 11 is 0. The minimum absolute atomic E-state index is 0.0970. The molecule has 0 spiro atoms. The van der Waals surface area contributed by atoms with E-state index in [1.54, 1.807) is 0 Å². The first-order chi connectivity index (χ1) is 11.0. The Morgan fingerprint density at radius 2 is 1.70 bits per heavy atom. The fourth-order valence-corrected chi connectivity index (χ4v) is 4.23. The van der Waals surface area contributed by atoms with Crippen LogP contribution in [0, 0.1) is 5.82 Å². The van der Waals surface area contributed by atoms with Crippen LogP contribution >= 0.6 is 0 Å². The highest BCUT2D eigenvalue weighted by molar-refractivity contribution is 7.89. The van der Waals surface area contributed by atoms with Gasteiger partial charge in [-0.2, -0.15) is 4.31 Å². The van der Waals surface area contributed by atoms with E-state index in [4.69, 9.17) is 4.74 Å². The molecule has 2 aromatic rings. The highest BCUT2D eigenvalue weighted by Gasteiger charge is 2.34. The van der Waals surface area contributed by atoms with E-state index in [-0.39, 0.29) is 30.2 Å². The predicted molar refractivity (Wildman–Crippen MR) is 84.9 cm³/mol. The second kappa shape index (κ2) is 6.39. The average molecular weight is 335 g/mol. The lowest BCUT2D eigenvalue weighted by Crippen LogP contribution is -2.45. The van der Waals surface area contributed by atoms with E-state index in [0.717, 1.165) is 17.7 Å². The molecule has 3 rings (SSSR count). The lowest BCUT2D eigenvalue weighted by molar-refractivity contribution is -0.0557. The summed E-state index contributed by atoms with van der Waals surface area (Å²) in [6.07, 6.45) is -0.528. The molecule has 2 unspecified atom stereocenters. The Balaban J connectivity index is 1.88. The second-order valence-corrected chi connectivity index (χ2v) is 7.56. The zero-order chi connectivity index (χ0) is 16.4. The maximum atomic E-state index is 13.0. The van der Waals surface area contributed by atoms with Crippen molar-refractivity contribution in [2.75, 3.05) is 13.1 Å². The van der Waals surface area contributed by atoms with Crippen molar-refractivity contribution in [3.63, 3.8) is 0 Å². The maximum Gasteiger partial charge on any atom is 0.243 e. The number of sulfonamides is 1. The summed E-state index contributed by atoms with van der Waals surface area (Å²) < 4.78 is 45.9. The largest absolute Gasteiger partial charge is 0.368 e. The molecule has 1 heterocycles. The minimum atomic E-state index is -3.67. The summed E-state index contributed by atoms with van der Waals surface area (Å²) in [6.45, 7) is 2.37. The lowest BCUT2D eigenvalue weighted by Gasteiger charge is -2.36. The normalized spacial score (nSPS) is 22.9. The van der Waals surface area contributed by atoms with Crippen LogP contribution in [0.15, 0.2) is 59.5 Å². The van der Waals surface area contributed by atoms with Crippen LogP contribution in [0.3, 0.4) is 0 Å². The third-order valence-electron chi connectivity index (χ3n) is 3.85. The van der Waals surface area contributed by atoms with Crippen LogP contribution in [-0.4, -0.2) is 31.9 Å². The molecule has 0 aromatic heterocycles. The molecule has 1 fully saturated rings. The zero-order valence-corrected chi connectivity index (χ0v) is 13.5. The average Bonchev–Trinajstić information content (AvgIpc) is 2.55. The van der Waals surface area contributed by atoms with Gasteiger partial charge >= 0.3 is 0 Å². The molecule has 0 radical (unpaired) electrons. The number of benzene rings is 2. The molecule has 122 valence electrons. The van der Waals surface area contributed by atoms with Crippen LogP contribution in [0.25, 0.3) is 0 Å². The Labute approximate surface area is 135 Å². The fourth-order valence-electron chi connectivity index (χ4n) is 2.72. The molecule has 0 saturated carbocycles. The second-order valence-electron chi connectivity index (χ2n) is 5.62. The molecule has 1 aliphatic rings. The molecule has 6 heteroatoms. The number of hydrogen-bond acceptors (Lipinski definition) is 3. The Morgan fingerprint density at radius 1 is 1.04 bits per heavy atom. The van der Waals surface area contributed by atoms with Gasteiger partial charge in [0.05, 0.1) is 17.1 Å². The van der Waals surface area contributed by atoms with Gasteiger partial charge in [0, 0.05) is 13.1 Å². The smallest absolute Gasteiger partial charge is 0.243 e. The third-order valence-corrected chi connectivity index (χ3v) is 5.70. The summed E-state index contributed by atoms with van der Waals surface area (Å²) in [7, 11) is -3.67. The number of halogens is 1. The summed E-state index contributed by atoms with van der Waals surface area (Å²) in [5, 5.41) is 0. The van der Waals surface area contributed by atoms with Crippen LogP contribution in [0.4, 0.5) is 4.39 Å². The van der Waals surface area contributed by atoms with Gasteiger partial charge in [-0.25, -0.2) is 12.8 Å². The van der Waals surface area contributed by atoms with Gasteiger partial charge in [-0.05, 0) is 36.8 Å². The first-order valence-corrected chi connectivity index (χ1v) is 8.87. The molecule has 0 amide bonds. The van der Waals surface area contributed by atoms with E-state index in [1.807, 2.05) is 37.3 Å². The fraction of sp³-hybridized carbons (Fsp3) is 0.294. The van der Waals surface area contributed by atoms with Crippen molar-refractivity contribution in [1.29, 1.82) is 0 Å². The Hall–Kier alpha value is -1.76. The Bertz CT molecular complexity index is 762. The molecular weight excluding hydrogens is 317 g/mol. The Kier molecular flexibility index (Phi) is 4.48. The molecule has 1 aliphatic heterocycles. The molecule has 1 saturated heterocycles. The molecule has 2 atom stereocenters. The van der Waals surface area contributed by atoms with Gasteiger partial charge in [0.2, 0.25) is 10.0 Å². The van der Waals surface area contributed by atoms with Crippen LogP contribution in [0.2, 0.25) is 0 Å². The molecule has 4 nitrogen and oxygen atoms in total. The van der Waals surface area contributed by atoms with E-state index in [2.05, 4.69) is 0 Å². The van der Waals surface area contributed by atoms with Gasteiger partial charge in [0.25, 0.3) is 0 Å². The van der Waals surface area contributed by atoms with E-state index in [0.29, 0.717) is 0 Å². The zero-order valence-electron chi connectivity index (χ0n) is 12.7. The van der Waals surface area contributed by atoms with Crippen molar-refractivity contribution in [3.8, 4) is 0 Å². The highest BCUT2D eigenvalue weighted by Crippen LogP contribution is 2.28. The van der Waals surface area contributed by atoms with Gasteiger partial charge in [0.1, 0.15) is 5.82 Å². The van der Waals surface area contributed by atoms with Crippen molar-refractivity contribution in [2.45, 2.75) is 24.0 Å². The van der Waals surface area contributed by atoms with Crippen molar-refractivity contribution in [1.82, 2.24) is 4.31 Å². The number of nitrogens with zero attached hydrogens (tertiary/aromatic N) is 1. The van der Waals surface area contributed by atoms with E-state index in [9.17, 15) is 12.8 Å². The molecule has 23 heavy (non-hydrogen) atoms. The summed E-state index contributed by atoms with van der Waals surface area (Å²) in [4.78, 5) is 0.0970. The van der Waals surface area contributed by atoms with Crippen molar-refractivity contribution >= 4 is 10.0 Å². The predicted octanol–water partition coefficient (Wildman–Crippen LogP) is 2.98. The lowest BCUT2D eigenvalue weighted by atomic mass is 10.1. The third kappa shape index (κ3) is 3.44. The van der Waals surface area contributed by atoms with Crippen molar-refractivity contribution in [2.24, 2.45) is 0 Å². The van der Waals surface area contributed by atoms with Gasteiger partial charge < -0.3 is 4.74 Å².